The second-order valence-corrected chi connectivity index (χ2v) is 6.73. The molecule has 0 spiro atoms. The molecule has 3 aromatic rings. The van der Waals surface area contributed by atoms with E-state index in [0.29, 0.717) is 18.4 Å². The van der Waals surface area contributed by atoms with Gasteiger partial charge in [-0.15, -0.1) is 0 Å². The maximum absolute atomic E-state index is 12.0. The Morgan fingerprint density at radius 3 is 2.57 bits per heavy atom. The van der Waals surface area contributed by atoms with Gasteiger partial charge < -0.3 is 14.0 Å². The van der Waals surface area contributed by atoms with Crippen LogP contribution in [0.15, 0.2) is 60.8 Å². The molecular formula is C23H24N2O3. The molecule has 0 aliphatic rings. The van der Waals surface area contributed by atoms with Crippen LogP contribution in [-0.2, 0) is 28.5 Å². The first-order chi connectivity index (χ1) is 13.6. The number of aryl methyl sites for hydroxylation is 2. The van der Waals surface area contributed by atoms with E-state index >= 15 is 0 Å². The number of hydrogen-bond donors (Lipinski definition) is 0. The molecule has 0 saturated heterocycles. The summed E-state index contributed by atoms with van der Waals surface area (Å²) in [4.78, 5) is 12.0. The van der Waals surface area contributed by atoms with Crippen molar-refractivity contribution in [1.82, 2.24) is 4.57 Å². The number of fused-ring (bicyclic) bond motifs is 1. The molecule has 5 nitrogen and oxygen atoms in total. The standard InChI is InChI=1S/C23H24N2O3/c1-3-27-22(26)28-23(17-24,19-11-5-4-6-12-19)15-9-10-18-16-25(2)21-14-8-7-13-20(18)21/h4-8,11-14,16H,3,9-10,15H2,1-2H3. The average Bonchev–Trinajstić information content (AvgIpc) is 3.04. The van der Waals surface area contributed by atoms with Gasteiger partial charge in [0.15, 0.2) is 0 Å². The number of ether oxygens (including phenoxy) is 2. The molecular weight excluding hydrogens is 352 g/mol. The number of rotatable bonds is 7. The first-order valence-corrected chi connectivity index (χ1v) is 9.45. The lowest BCUT2D eigenvalue weighted by Gasteiger charge is -2.26. The number of carbonyl (C=O) groups is 1. The van der Waals surface area contributed by atoms with Gasteiger partial charge in [0.25, 0.3) is 0 Å². The molecule has 0 saturated carbocycles. The molecule has 0 amide bonds. The van der Waals surface area contributed by atoms with Gasteiger partial charge in [0.1, 0.15) is 6.07 Å². The molecule has 1 atom stereocenters. The molecule has 0 aliphatic heterocycles. The van der Waals surface area contributed by atoms with Crippen LogP contribution in [0.1, 0.15) is 30.9 Å². The average molecular weight is 376 g/mol. The minimum atomic E-state index is -1.36. The van der Waals surface area contributed by atoms with Gasteiger partial charge in [-0.1, -0.05) is 48.5 Å². The van der Waals surface area contributed by atoms with E-state index in [1.165, 1.54) is 16.5 Å². The molecule has 5 heteroatoms. The maximum Gasteiger partial charge on any atom is 0.510 e. The van der Waals surface area contributed by atoms with E-state index in [9.17, 15) is 10.1 Å². The third-order valence-electron chi connectivity index (χ3n) is 4.89. The van der Waals surface area contributed by atoms with Gasteiger partial charge in [-0.3, -0.25) is 0 Å². The largest absolute Gasteiger partial charge is 0.510 e. The SMILES string of the molecule is CCOC(=O)OC(C#N)(CCCc1cn(C)c2ccccc12)c1ccccc1. The summed E-state index contributed by atoms with van der Waals surface area (Å²) in [5.41, 5.74) is 1.69. The number of benzene rings is 2. The van der Waals surface area contributed by atoms with Crippen molar-refractivity contribution in [3.8, 4) is 6.07 Å². The topological polar surface area (TPSA) is 64.2 Å². The molecule has 0 radical (unpaired) electrons. The Bertz CT molecular complexity index is 988. The van der Waals surface area contributed by atoms with Gasteiger partial charge in [-0.05, 0) is 31.4 Å². The molecule has 3 rings (SSSR count). The highest BCUT2D eigenvalue weighted by molar-refractivity contribution is 5.83. The van der Waals surface area contributed by atoms with Crippen molar-refractivity contribution in [2.24, 2.45) is 7.05 Å². The van der Waals surface area contributed by atoms with Crippen molar-refractivity contribution in [1.29, 1.82) is 5.26 Å². The molecule has 1 aromatic heterocycles. The molecule has 0 N–H and O–H groups in total. The van der Waals surface area contributed by atoms with Crippen LogP contribution in [0.5, 0.6) is 0 Å². The summed E-state index contributed by atoms with van der Waals surface area (Å²) in [5, 5.41) is 11.1. The second kappa shape index (κ2) is 8.62. The Morgan fingerprint density at radius 1 is 1.14 bits per heavy atom. The third kappa shape index (κ3) is 4.01. The Hall–Kier alpha value is -3.26. The molecule has 0 fully saturated rings. The van der Waals surface area contributed by atoms with Crippen LogP contribution in [0, 0.1) is 11.3 Å². The van der Waals surface area contributed by atoms with Crippen molar-refractivity contribution in [3.05, 3.63) is 71.9 Å². The van der Waals surface area contributed by atoms with Gasteiger partial charge in [-0.25, -0.2) is 4.79 Å². The summed E-state index contributed by atoms with van der Waals surface area (Å²) in [7, 11) is 2.03. The van der Waals surface area contributed by atoms with Crippen molar-refractivity contribution < 1.29 is 14.3 Å². The third-order valence-corrected chi connectivity index (χ3v) is 4.89. The zero-order chi connectivity index (χ0) is 20.0. The lowest BCUT2D eigenvalue weighted by molar-refractivity contribution is -0.0122. The first kappa shape index (κ1) is 19.5. The van der Waals surface area contributed by atoms with E-state index in [1.807, 2.05) is 37.4 Å². The predicted octanol–water partition coefficient (Wildman–Crippen LogP) is 5.09. The fourth-order valence-corrected chi connectivity index (χ4v) is 3.55. The second-order valence-electron chi connectivity index (χ2n) is 6.73. The highest BCUT2D eigenvalue weighted by atomic mass is 16.7. The first-order valence-electron chi connectivity index (χ1n) is 9.45. The number of hydrogen-bond acceptors (Lipinski definition) is 4. The minimum absolute atomic E-state index is 0.200. The smallest absolute Gasteiger partial charge is 0.435 e. The molecule has 28 heavy (non-hydrogen) atoms. The van der Waals surface area contributed by atoms with Crippen LogP contribution in [0.4, 0.5) is 4.79 Å². The van der Waals surface area contributed by atoms with E-state index in [2.05, 4.69) is 29.0 Å². The van der Waals surface area contributed by atoms with Crippen molar-refractivity contribution in [2.75, 3.05) is 6.61 Å². The fraction of sp³-hybridized carbons (Fsp3) is 0.304. The van der Waals surface area contributed by atoms with E-state index in [1.54, 1.807) is 19.1 Å². The van der Waals surface area contributed by atoms with Crippen molar-refractivity contribution in [2.45, 2.75) is 31.8 Å². The van der Waals surface area contributed by atoms with Crippen LogP contribution < -0.4 is 0 Å². The summed E-state index contributed by atoms with van der Waals surface area (Å²) in [6.07, 6.45) is 3.15. The Kier molecular flexibility index (Phi) is 6.00. The number of carbonyl (C=O) groups excluding carboxylic acids is 1. The summed E-state index contributed by atoms with van der Waals surface area (Å²) < 4.78 is 12.6. The molecule has 0 aliphatic carbocycles. The van der Waals surface area contributed by atoms with Crippen molar-refractivity contribution in [3.63, 3.8) is 0 Å². The lowest BCUT2D eigenvalue weighted by atomic mass is 9.89. The van der Waals surface area contributed by atoms with Crippen LogP contribution in [0.2, 0.25) is 0 Å². The summed E-state index contributed by atoms with van der Waals surface area (Å²) in [6.45, 7) is 1.91. The molecule has 1 unspecified atom stereocenters. The fourth-order valence-electron chi connectivity index (χ4n) is 3.55. The lowest BCUT2D eigenvalue weighted by Crippen LogP contribution is -2.31. The summed E-state index contributed by atoms with van der Waals surface area (Å²) >= 11 is 0. The Labute approximate surface area is 165 Å². The van der Waals surface area contributed by atoms with Gasteiger partial charge in [0.05, 0.1) is 6.61 Å². The highest BCUT2D eigenvalue weighted by Crippen LogP contribution is 2.32. The zero-order valence-electron chi connectivity index (χ0n) is 16.2. The van der Waals surface area contributed by atoms with Crippen LogP contribution >= 0.6 is 0 Å². The summed E-state index contributed by atoms with van der Waals surface area (Å²) in [6, 6.07) is 19.6. The van der Waals surface area contributed by atoms with E-state index in [-0.39, 0.29) is 6.61 Å². The van der Waals surface area contributed by atoms with Gasteiger partial charge in [0, 0.05) is 36.1 Å². The Balaban J connectivity index is 1.81. The van der Waals surface area contributed by atoms with Crippen LogP contribution in [0.25, 0.3) is 10.9 Å². The van der Waals surface area contributed by atoms with Crippen LogP contribution in [-0.4, -0.2) is 17.3 Å². The quantitative estimate of drug-likeness (QED) is 0.539. The van der Waals surface area contributed by atoms with Crippen LogP contribution in [0.3, 0.4) is 0 Å². The molecule has 2 aromatic carbocycles. The highest BCUT2D eigenvalue weighted by Gasteiger charge is 2.37. The summed E-state index contributed by atoms with van der Waals surface area (Å²) in [5.74, 6) is 0. The number of aromatic nitrogens is 1. The number of para-hydroxylation sites is 1. The number of nitrogens with zero attached hydrogens (tertiary/aromatic N) is 2. The van der Waals surface area contributed by atoms with E-state index < -0.39 is 11.8 Å². The van der Waals surface area contributed by atoms with Crippen molar-refractivity contribution >= 4 is 17.1 Å². The zero-order valence-corrected chi connectivity index (χ0v) is 16.2. The van der Waals surface area contributed by atoms with Gasteiger partial charge in [0.2, 0.25) is 5.60 Å². The molecule has 0 bridgehead atoms. The maximum atomic E-state index is 12.0. The molecule has 144 valence electrons. The van der Waals surface area contributed by atoms with E-state index in [0.717, 1.165) is 6.42 Å². The van der Waals surface area contributed by atoms with Gasteiger partial charge >= 0.3 is 6.16 Å². The Morgan fingerprint density at radius 2 is 1.86 bits per heavy atom. The monoisotopic (exact) mass is 376 g/mol. The van der Waals surface area contributed by atoms with E-state index in [4.69, 9.17) is 9.47 Å². The predicted molar refractivity (Wildman–Crippen MR) is 108 cm³/mol. The normalized spacial score (nSPS) is 12.9. The molecule has 1 heterocycles. The number of nitriles is 1. The minimum Gasteiger partial charge on any atom is -0.435 e. The van der Waals surface area contributed by atoms with Gasteiger partial charge in [-0.2, -0.15) is 5.26 Å².